The Hall–Kier alpha value is -3.05. The molecule has 122 valence electrons. The van der Waals surface area contributed by atoms with Gasteiger partial charge in [0.2, 0.25) is 0 Å². The summed E-state index contributed by atoms with van der Waals surface area (Å²) >= 11 is 5.08. The number of amides is 1. The average molecular weight is 346 g/mol. The van der Waals surface area contributed by atoms with Gasteiger partial charge in [0.05, 0.1) is 12.1 Å². The van der Waals surface area contributed by atoms with E-state index in [1.54, 1.807) is 24.3 Å². The normalized spacial score (nSPS) is 11.8. The number of hydrogen-bond acceptors (Lipinski definition) is 3. The second kappa shape index (κ2) is 6.11. The molecule has 1 aliphatic carbocycles. The molecule has 0 saturated carbocycles. The van der Waals surface area contributed by atoms with Crippen molar-refractivity contribution in [2.75, 3.05) is 0 Å². The smallest absolute Gasteiger partial charge is 0.252 e. The zero-order valence-electron chi connectivity index (χ0n) is 13.2. The van der Waals surface area contributed by atoms with E-state index < -0.39 is 0 Å². The summed E-state index contributed by atoms with van der Waals surface area (Å²) < 4.78 is 0.609. The van der Waals surface area contributed by atoms with Crippen LogP contribution in [0.4, 0.5) is 0 Å². The van der Waals surface area contributed by atoms with Crippen LogP contribution >= 0.6 is 12.2 Å². The van der Waals surface area contributed by atoms with Gasteiger partial charge in [-0.1, -0.05) is 54.7 Å². The summed E-state index contributed by atoms with van der Waals surface area (Å²) in [6, 6.07) is 18.3. The first-order valence-electron chi connectivity index (χ1n) is 7.88. The zero-order valence-corrected chi connectivity index (χ0v) is 14.0. The number of pyridine rings is 1. The Bertz CT molecular complexity index is 1070. The highest BCUT2D eigenvalue weighted by Crippen LogP contribution is 2.37. The molecular formula is C20H14N2O2S. The van der Waals surface area contributed by atoms with Crippen molar-refractivity contribution in [3.63, 3.8) is 0 Å². The first-order chi connectivity index (χ1) is 12.1. The van der Waals surface area contributed by atoms with Gasteiger partial charge in [0, 0.05) is 16.8 Å². The van der Waals surface area contributed by atoms with Gasteiger partial charge in [0.1, 0.15) is 4.64 Å². The largest absolute Gasteiger partial charge is 0.349 e. The molecule has 1 heterocycles. The van der Waals surface area contributed by atoms with Gasteiger partial charge in [-0.3, -0.25) is 9.59 Å². The third-order valence-electron chi connectivity index (χ3n) is 4.27. The number of carbonyl (C=O) groups is 2. The molecule has 0 spiro atoms. The van der Waals surface area contributed by atoms with E-state index in [1.165, 1.54) is 0 Å². The molecule has 3 aromatic rings. The van der Waals surface area contributed by atoms with Gasteiger partial charge >= 0.3 is 0 Å². The van der Waals surface area contributed by atoms with E-state index in [0.717, 1.165) is 16.8 Å². The predicted molar refractivity (Wildman–Crippen MR) is 98.1 cm³/mol. The SMILES string of the molecule is O=C(NCc1cccc(=S)[nH]1)c1cccc2c1C(=O)c1ccccc1-2. The van der Waals surface area contributed by atoms with E-state index >= 15 is 0 Å². The van der Waals surface area contributed by atoms with Crippen molar-refractivity contribution in [2.24, 2.45) is 0 Å². The molecule has 1 aliphatic rings. The van der Waals surface area contributed by atoms with E-state index in [-0.39, 0.29) is 11.7 Å². The fourth-order valence-electron chi connectivity index (χ4n) is 3.13. The van der Waals surface area contributed by atoms with Crippen LogP contribution < -0.4 is 5.32 Å². The molecule has 0 fully saturated rings. The van der Waals surface area contributed by atoms with Gasteiger partial charge in [-0.25, -0.2) is 0 Å². The molecule has 25 heavy (non-hydrogen) atoms. The van der Waals surface area contributed by atoms with E-state index in [4.69, 9.17) is 12.2 Å². The van der Waals surface area contributed by atoms with Crippen molar-refractivity contribution in [1.82, 2.24) is 10.3 Å². The number of benzene rings is 2. The van der Waals surface area contributed by atoms with Gasteiger partial charge in [-0.15, -0.1) is 0 Å². The Morgan fingerprint density at radius 2 is 1.64 bits per heavy atom. The average Bonchev–Trinajstić information content (AvgIpc) is 2.93. The molecule has 0 aliphatic heterocycles. The molecule has 4 nitrogen and oxygen atoms in total. The number of aromatic amines is 1. The van der Waals surface area contributed by atoms with E-state index in [9.17, 15) is 9.59 Å². The Morgan fingerprint density at radius 1 is 0.920 bits per heavy atom. The highest BCUT2D eigenvalue weighted by atomic mass is 32.1. The van der Waals surface area contributed by atoms with Gasteiger partial charge in [0.25, 0.3) is 5.91 Å². The molecule has 4 rings (SSSR count). The first-order valence-corrected chi connectivity index (χ1v) is 8.29. The van der Waals surface area contributed by atoms with E-state index in [0.29, 0.717) is 27.9 Å². The highest BCUT2D eigenvalue weighted by molar-refractivity contribution is 7.71. The van der Waals surface area contributed by atoms with Crippen LogP contribution in [-0.2, 0) is 6.54 Å². The summed E-state index contributed by atoms with van der Waals surface area (Å²) in [6.45, 7) is 0.314. The summed E-state index contributed by atoms with van der Waals surface area (Å²) in [4.78, 5) is 28.4. The lowest BCUT2D eigenvalue weighted by Gasteiger charge is -2.09. The quantitative estimate of drug-likeness (QED) is 0.553. The molecule has 0 radical (unpaired) electrons. The minimum atomic E-state index is -0.277. The molecule has 0 atom stereocenters. The molecule has 1 amide bonds. The summed E-state index contributed by atoms with van der Waals surface area (Å²) in [5, 5.41) is 2.85. The summed E-state index contributed by atoms with van der Waals surface area (Å²) in [7, 11) is 0. The predicted octanol–water partition coefficient (Wildman–Crippen LogP) is 3.89. The number of aromatic nitrogens is 1. The van der Waals surface area contributed by atoms with Crippen molar-refractivity contribution in [3.05, 3.63) is 87.7 Å². The van der Waals surface area contributed by atoms with Crippen LogP contribution in [0.25, 0.3) is 11.1 Å². The summed E-state index contributed by atoms with van der Waals surface area (Å²) in [5.74, 6) is -0.378. The Kier molecular flexibility index (Phi) is 3.78. The highest BCUT2D eigenvalue weighted by Gasteiger charge is 2.30. The van der Waals surface area contributed by atoms with Gasteiger partial charge in [-0.2, -0.15) is 0 Å². The van der Waals surface area contributed by atoms with Crippen LogP contribution in [0.15, 0.2) is 60.7 Å². The topological polar surface area (TPSA) is 62.0 Å². The molecule has 1 aromatic heterocycles. The molecular weight excluding hydrogens is 332 g/mol. The maximum Gasteiger partial charge on any atom is 0.252 e. The Labute approximate surface area is 149 Å². The first kappa shape index (κ1) is 15.5. The van der Waals surface area contributed by atoms with Crippen LogP contribution in [0.1, 0.15) is 32.0 Å². The van der Waals surface area contributed by atoms with E-state index in [1.807, 2.05) is 36.4 Å². The Morgan fingerprint density at radius 3 is 2.44 bits per heavy atom. The zero-order chi connectivity index (χ0) is 17.4. The monoisotopic (exact) mass is 346 g/mol. The second-order valence-corrected chi connectivity index (χ2v) is 6.27. The van der Waals surface area contributed by atoms with Crippen molar-refractivity contribution in [1.29, 1.82) is 0 Å². The lowest BCUT2D eigenvalue weighted by atomic mass is 10.0. The van der Waals surface area contributed by atoms with Crippen molar-refractivity contribution < 1.29 is 9.59 Å². The van der Waals surface area contributed by atoms with Crippen molar-refractivity contribution in [3.8, 4) is 11.1 Å². The van der Waals surface area contributed by atoms with E-state index in [2.05, 4.69) is 10.3 Å². The summed E-state index contributed by atoms with van der Waals surface area (Å²) in [5.41, 5.74) is 4.01. The molecule has 0 unspecified atom stereocenters. The molecule has 2 N–H and O–H groups in total. The number of ketones is 1. The number of hydrogen-bond donors (Lipinski definition) is 2. The Balaban J connectivity index is 1.65. The maximum atomic E-state index is 12.7. The van der Waals surface area contributed by atoms with Gasteiger partial charge < -0.3 is 10.3 Å². The third kappa shape index (κ3) is 2.68. The maximum absolute atomic E-state index is 12.7. The van der Waals surface area contributed by atoms with Gasteiger partial charge in [-0.05, 0) is 29.3 Å². The lowest BCUT2D eigenvalue weighted by Crippen LogP contribution is -2.25. The van der Waals surface area contributed by atoms with Crippen LogP contribution in [0, 0.1) is 4.64 Å². The van der Waals surface area contributed by atoms with Gasteiger partial charge in [0.15, 0.2) is 5.78 Å². The van der Waals surface area contributed by atoms with Crippen LogP contribution in [0.5, 0.6) is 0 Å². The number of H-pyrrole nitrogens is 1. The third-order valence-corrected chi connectivity index (χ3v) is 4.50. The number of carbonyl (C=O) groups excluding carboxylic acids is 2. The lowest BCUT2D eigenvalue weighted by molar-refractivity contribution is 0.0940. The van der Waals surface area contributed by atoms with Crippen LogP contribution in [0.3, 0.4) is 0 Å². The molecule has 0 bridgehead atoms. The number of fused-ring (bicyclic) bond motifs is 3. The fourth-order valence-corrected chi connectivity index (χ4v) is 3.34. The van der Waals surface area contributed by atoms with Crippen LogP contribution in [0.2, 0.25) is 0 Å². The van der Waals surface area contributed by atoms with Crippen molar-refractivity contribution in [2.45, 2.75) is 6.54 Å². The number of rotatable bonds is 3. The number of nitrogens with one attached hydrogen (secondary N) is 2. The molecule has 0 saturated heterocycles. The fraction of sp³-hybridized carbons (Fsp3) is 0.0500. The minimum absolute atomic E-state index is 0.101. The van der Waals surface area contributed by atoms with Crippen molar-refractivity contribution >= 4 is 23.9 Å². The minimum Gasteiger partial charge on any atom is -0.349 e. The van der Waals surface area contributed by atoms with Crippen LogP contribution in [-0.4, -0.2) is 16.7 Å². The molecule has 2 aromatic carbocycles. The summed E-state index contributed by atoms with van der Waals surface area (Å²) in [6.07, 6.45) is 0. The second-order valence-electron chi connectivity index (χ2n) is 5.83. The standard InChI is InChI=1S/C20H14N2O2S/c23-19-15-7-2-1-6-13(15)14-8-4-9-16(18(14)19)20(24)21-11-12-5-3-10-17(25)22-12/h1-10H,11H2,(H,21,24)(H,22,25). The molecule has 5 heteroatoms.